The molecule has 0 unspecified atom stereocenters. The smallest absolute Gasteiger partial charge is 0.323 e. The van der Waals surface area contributed by atoms with Gasteiger partial charge >= 0.3 is 6.01 Å². The van der Waals surface area contributed by atoms with Crippen molar-refractivity contribution < 1.29 is 9.47 Å². The van der Waals surface area contributed by atoms with Crippen LogP contribution in [0.3, 0.4) is 0 Å². The van der Waals surface area contributed by atoms with Crippen molar-refractivity contribution in [3.63, 3.8) is 0 Å². The van der Waals surface area contributed by atoms with E-state index in [1.165, 1.54) is 0 Å². The van der Waals surface area contributed by atoms with E-state index in [9.17, 15) is 0 Å². The van der Waals surface area contributed by atoms with Crippen molar-refractivity contribution in [3.8, 4) is 6.01 Å². The van der Waals surface area contributed by atoms with Crippen molar-refractivity contribution in [1.29, 1.82) is 0 Å². The SMILES string of the molecule is CCCOc1nc(N)nc(NCCCOCC)n1. The van der Waals surface area contributed by atoms with Gasteiger partial charge in [0.2, 0.25) is 11.9 Å². The summed E-state index contributed by atoms with van der Waals surface area (Å²) < 4.78 is 10.5. The maximum atomic E-state index is 5.58. The number of nitrogens with two attached hydrogens (primary N) is 1. The van der Waals surface area contributed by atoms with Gasteiger partial charge in [0.15, 0.2) is 0 Å². The van der Waals surface area contributed by atoms with Crippen molar-refractivity contribution in [2.45, 2.75) is 26.7 Å². The van der Waals surface area contributed by atoms with Gasteiger partial charge in [-0.15, -0.1) is 0 Å². The van der Waals surface area contributed by atoms with E-state index in [1.54, 1.807) is 0 Å². The standard InChI is InChI=1S/C11H21N5O2/c1-3-7-18-11-15-9(12)14-10(16-11)13-6-5-8-17-4-2/h3-8H2,1-2H3,(H3,12,13,14,15,16). The monoisotopic (exact) mass is 255 g/mol. The number of rotatable bonds is 9. The lowest BCUT2D eigenvalue weighted by molar-refractivity contribution is 0.147. The number of ether oxygens (including phenoxy) is 2. The first-order valence-electron chi connectivity index (χ1n) is 6.22. The maximum absolute atomic E-state index is 5.58. The van der Waals surface area contributed by atoms with Crippen molar-refractivity contribution in [3.05, 3.63) is 0 Å². The Morgan fingerprint density at radius 3 is 2.72 bits per heavy atom. The number of anilines is 2. The van der Waals surface area contributed by atoms with Gasteiger partial charge in [-0.05, 0) is 19.8 Å². The van der Waals surface area contributed by atoms with Crippen LogP contribution in [-0.4, -0.2) is 41.3 Å². The second-order valence-corrected chi connectivity index (χ2v) is 3.63. The summed E-state index contributed by atoms with van der Waals surface area (Å²) in [5.74, 6) is 0.591. The molecule has 0 aromatic carbocycles. The number of hydrogen-bond donors (Lipinski definition) is 2. The lowest BCUT2D eigenvalue weighted by Crippen LogP contribution is -2.11. The van der Waals surface area contributed by atoms with Crippen LogP contribution in [0.2, 0.25) is 0 Å². The van der Waals surface area contributed by atoms with Gasteiger partial charge < -0.3 is 20.5 Å². The summed E-state index contributed by atoms with van der Waals surface area (Å²) in [5.41, 5.74) is 5.58. The van der Waals surface area contributed by atoms with Gasteiger partial charge in [-0.2, -0.15) is 15.0 Å². The fraction of sp³-hybridized carbons (Fsp3) is 0.727. The second kappa shape index (κ2) is 8.46. The third-order valence-electron chi connectivity index (χ3n) is 2.02. The largest absolute Gasteiger partial charge is 0.463 e. The summed E-state index contributed by atoms with van der Waals surface area (Å²) in [4.78, 5) is 12.0. The first-order valence-corrected chi connectivity index (χ1v) is 6.22. The van der Waals surface area contributed by atoms with Crippen LogP contribution in [0.5, 0.6) is 6.01 Å². The molecule has 0 aliphatic heterocycles. The van der Waals surface area contributed by atoms with Gasteiger partial charge in [0.25, 0.3) is 0 Å². The number of aromatic nitrogens is 3. The van der Waals surface area contributed by atoms with Crippen LogP contribution in [0.1, 0.15) is 26.7 Å². The molecule has 0 fully saturated rings. The molecule has 3 N–H and O–H groups in total. The van der Waals surface area contributed by atoms with Crippen LogP contribution in [0, 0.1) is 0 Å². The first-order chi connectivity index (χ1) is 8.76. The summed E-state index contributed by atoms with van der Waals surface area (Å²) in [6.07, 6.45) is 1.77. The highest BCUT2D eigenvalue weighted by atomic mass is 16.5. The number of nitrogen functional groups attached to an aromatic ring is 1. The van der Waals surface area contributed by atoms with Crippen LogP contribution >= 0.6 is 0 Å². The molecule has 0 radical (unpaired) electrons. The maximum Gasteiger partial charge on any atom is 0.323 e. The predicted molar refractivity (Wildman–Crippen MR) is 69.6 cm³/mol. The molecule has 0 bridgehead atoms. The Balaban J connectivity index is 2.41. The topological polar surface area (TPSA) is 95.2 Å². The summed E-state index contributed by atoms with van der Waals surface area (Å²) >= 11 is 0. The molecule has 1 rings (SSSR count). The minimum absolute atomic E-state index is 0.156. The molecule has 18 heavy (non-hydrogen) atoms. The van der Waals surface area contributed by atoms with E-state index < -0.39 is 0 Å². The van der Waals surface area contributed by atoms with Crippen LogP contribution < -0.4 is 15.8 Å². The van der Waals surface area contributed by atoms with E-state index in [-0.39, 0.29) is 12.0 Å². The minimum Gasteiger partial charge on any atom is -0.463 e. The lowest BCUT2D eigenvalue weighted by atomic mass is 10.4. The van der Waals surface area contributed by atoms with E-state index >= 15 is 0 Å². The van der Waals surface area contributed by atoms with Crippen molar-refractivity contribution in [2.75, 3.05) is 37.4 Å². The zero-order valence-corrected chi connectivity index (χ0v) is 11.0. The number of hydrogen-bond acceptors (Lipinski definition) is 7. The quantitative estimate of drug-likeness (QED) is 0.637. The molecule has 7 nitrogen and oxygen atoms in total. The van der Waals surface area contributed by atoms with E-state index in [0.29, 0.717) is 19.2 Å². The fourth-order valence-corrected chi connectivity index (χ4v) is 1.23. The third-order valence-corrected chi connectivity index (χ3v) is 2.02. The van der Waals surface area contributed by atoms with Crippen LogP contribution in [0.4, 0.5) is 11.9 Å². The summed E-state index contributed by atoms with van der Waals surface area (Å²) in [5, 5.41) is 3.06. The van der Waals surface area contributed by atoms with E-state index in [0.717, 1.165) is 26.0 Å². The van der Waals surface area contributed by atoms with Gasteiger partial charge in [-0.1, -0.05) is 6.92 Å². The molecule has 102 valence electrons. The van der Waals surface area contributed by atoms with E-state index in [2.05, 4.69) is 20.3 Å². The third kappa shape index (κ3) is 5.62. The van der Waals surface area contributed by atoms with E-state index in [4.69, 9.17) is 15.2 Å². The molecule has 7 heteroatoms. The number of nitrogens with zero attached hydrogens (tertiary/aromatic N) is 3. The highest BCUT2D eigenvalue weighted by molar-refractivity contribution is 5.32. The average Bonchev–Trinajstić information content (AvgIpc) is 2.35. The molecule has 0 amide bonds. The molecule has 1 heterocycles. The zero-order chi connectivity index (χ0) is 13.2. The minimum atomic E-state index is 0.156. The normalized spacial score (nSPS) is 10.3. The second-order valence-electron chi connectivity index (χ2n) is 3.63. The fourth-order valence-electron chi connectivity index (χ4n) is 1.23. The average molecular weight is 255 g/mol. The van der Waals surface area contributed by atoms with E-state index in [1.807, 2.05) is 13.8 Å². The van der Waals surface area contributed by atoms with Gasteiger partial charge in [-0.3, -0.25) is 0 Å². The molecular weight excluding hydrogens is 234 g/mol. The number of nitrogens with one attached hydrogen (secondary N) is 1. The molecule has 0 saturated heterocycles. The molecule has 0 atom stereocenters. The molecule has 0 aliphatic carbocycles. The Morgan fingerprint density at radius 1 is 1.17 bits per heavy atom. The molecule has 0 saturated carbocycles. The molecular formula is C11H21N5O2. The van der Waals surface area contributed by atoms with Crippen LogP contribution in [0.25, 0.3) is 0 Å². The Morgan fingerprint density at radius 2 is 2.00 bits per heavy atom. The molecule has 0 aliphatic rings. The van der Waals surface area contributed by atoms with Crippen LogP contribution in [-0.2, 0) is 4.74 Å². The highest BCUT2D eigenvalue weighted by Gasteiger charge is 2.04. The lowest BCUT2D eigenvalue weighted by Gasteiger charge is -2.07. The Labute approximate surface area is 107 Å². The predicted octanol–water partition coefficient (Wildman–Crippen LogP) is 1.08. The first kappa shape index (κ1) is 14.4. The van der Waals surface area contributed by atoms with Crippen molar-refractivity contribution >= 4 is 11.9 Å². The summed E-state index contributed by atoms with van der Waals surface area (Å²) in [6.45, 7) is 6.70. The highest BCUT2D eigenvalue weighted by Crippen LogP contribution is 2.08. The van der Waals surface area contributed by atoms with Crippen molar-refractivity contribution in [1.82, 2.24) is 15.0 Å². The van der Waals surface area contributed by atoms with Gasteiger partial charge in [0.1, 0.15) is 0 Å². The zero-order valence-electron chi connectivity index (χ0n) is 11.0. The van der Waals surface area contributed by atoms with Gasteiger partial charge in [-0.25, -0.2) is 0 Å². The Kier molecular flexibility index (Phi) is 6.78. The van der Waals surface area contributed by atoms with Gasteiger partial charge in [0, 0.05) is 19.8 Å². The molecule has 1 aromatic rings. The van der Waals surface area contributed by atoms with Crippen molar-refractivity contribution in [2.24, 2.45) is 0 Å². The molecule has 0 spiro atoms. The van der Waals surface area contributed by atoms with Gasteiger partial charge in [0.05, 0.1) is 6.61 Å². The summed E-state index contributed by atoms with van der Waals surface area (Å²) in [6, 6.07) is 0.261. The van der Waals surface area contributed by atoms with Crippen LogP contribution in [0.15, 0.2) is 0 Å². The summed E-state index contributed by atoms with van der Waals surface area (Å²) in [7, 11) is 0. The molecule has 1 aromatic heterocycles. The Hall–Kier alpha value is -1.63. The Bertz CT molecular complexity index is 348.